The van der Waals surface area contributed by atoms with Crippen molar-refractivity contribution in [2.75, 3.05) is 13.8 Å². The maximum Gasteiger partial charge on any atom is 0.126 e. The number of alkyl halides is 1. The first kappa shape index (κ1) is 17.0. The fourth-order valence-corrected chi connectivity index (χ4v) is 2.44. The average molecular weight is 280 g/mol. The van der Waals surface area contributed by atoms with Crippen molar-refractivity contribution in [1.82, 2.24) is 0 Å². The molecule has 0 saturated heterocycles. The van der Waals surface area contributed by atoms with Crippen LogP contribution in [0.3, 0.4) is 0 Å². The maximum atomic E-state index is 12.5. The zero-order valence-electron chi connectivity index (χ0n) is 14.1. The van der Waals surface area contributed by atoms with E-state index in [4.69, 9.17) is 4.74 Å². The molecule has 0 amide bonds. The molecule has 1 aromatic rings. The predicted octanol–water partition coefficient (Wildman–Crippen LogP) is 5.19. The largest absolute Gasteiger partial charge is 0.496 e. The summed E-state index contributed by atoms with van der Waals surface area (Å²) in [6.45, 7) is 12.9. The minimum atomic E-state index is -0.262. The van der Waals surface area contributed by atoms with Gasteiger partial charge in [0.2, 0.25) is 0 Å². The molecule has 0 radical (unpaired) electrons. The standard InChI is InChI=1S/C18H29FO/c1-17(2,3)14-11-13(9-8-10-19)12-15(16(14)20-7)18(4,5)6/h11-12H,8-10H2,1-7H3. The van der Waals surface area contributed by atoms with E-state index in [0.717, 1.165) is 12.2 Å². The highest BCUT2D eigenvalue weighted by Gasteiger charge is 2.27. The number of rotatable bonds is 4. The lowest BCUT2D eigenvalue weighted by atomic mass is 9.78. The SMILES string of the molecule is COc1c(C(C)(C)C)cc(CCCF)cc1C(C)(C)C. The van der Waals surface area contributed by atoms with E-state index in [1.807, 2.05) is 0 Å². The number of hydrogen-bond acceptors (Lipinski definition) is 1. The van der Waals surface area contributed by atoms with E-state index in [2.05, 4.69) is 53.7 Å². The second-order valence-corrected chi connectivity index (χ2v) is 7.52. The van der Waals surface area contributed by atoms with Crippen molar-refractivity contribution in [1.29, 1.82) is 0 Å². The van der Waals surface area contributed by atoms with Gasteiger partial charge in [-0.3, -0.25) is 4.39 Å². The molecule has 0 aliphatic heterocycles. The van der Waals surface area contributed by atoms with Crippen LogP contribution in [-0.2, 0) is 17.3 Å². The van der Waals surface area contributed by atoms with Crippen LogP contribution in [0, 0.1) is 0 Å². The van der Waals surface area contributed by atoms with Crippen LogP contribution in [0.5, 0.6) is 5.75 Å². The van der Waals surface area contributed by atoms with Gasteiger partial charge in [-0.05, 0) is 29.2 Å². The molecule has 0 unspecified atom stereocenters. The van der Waals surface area contributed by atoms with Crippen LogP contribution in [-0.4, -0.2) is 13.8 Å². The van der Waals surface area contributed by atoms with Crippen LogP contribution >= 0.6 is 0 Å². The van der Waals surface area contributed by atoms with Gasteiger partial charge in [-0.2, -0.15) is 0 Å². The first-order valence-corrected chi connectivity index (χ1v) is 7.39. The third-order valence-electron chi connectivity index (χ3n) is 3.57. The summed E-state index contributed by atoms with van der Waals surface area (Å²) in [5.41, 5.74) is 3.65. The van der Waals surface area contributed by atoms with Crippen molar-refractivity contribution in [2.45, 2.75) is 65.2 Å². The van der Waals surface area contributed by atoms with Gasteiger partial charge in [0.15, 0.2) is 0 Å². The van der Waals surface area contributed by atoms with Gasteiger partial charge in [0.1, 0.15) is 5.75 Å². The summed E-state index contributed by atoms with van der Waals surface area (Å²) in [5.74, 6) is 0.981. The number of benzene rings is 1. The summed E-state index contributed by atoms with van der Waals surface area (Å²) in [6.07, 6.45) is 1.37. The van der Waals surface area contributed by atoms with Gasteiger partial charge in [0.25, 0.3) is 0 Å². The predicted molar refractivity (Wildman–Crippen MR) is 84.7 cm³/mol. The minimum absolute atomic E-state index is 0.0110. The summed E-state index contributed by atoms with van der Waals surface area (Å²) in [4.78, 5) is 0. The van der Waals surface area contributed by atoms with Crippen LogP contribution in [0.2, 0.25) is 0 Å². The lowest BCUT2D eigenvalue weighted by Gasteiger charge is -2.30. The Morgan fingerprint density at radius 1 is 0.950 bits per heavy atom. The highest BCUT2D eigenvalue weighted by atomic mass is 19.1. The van der Waals surface area contributed by atoms with Gasteiger partial charge in [0.05, 0.1) is 13.8 Å². The topological polar surface area (TPSA) is 9.23 Å². The molecule has 0 heterocycles. The van der Waals surface area contributed by atoms with E-state index in [1.165, 1.54) is 16.7 Å². The van der Waals surface area contributed by atoms with Gasteiger partial charge in [-0.25, -0.2) is 0 Å². The Kier molecular flexibility index (Phi) is 5.23. The summed E-state index contributed by atoms with van der Waals surface area (Å²) in [5, 5.41) is 0. The molecule has 0 aliphatic carbocycles. The van der Waals surface area contributed by atoms with Crippen molar-refractivity contribution in [3.8, 4) is 5.75 Å². The molecular weight excluding hydrogens is 251 g/mol. The van der Waals surface area contributed by atoms with Crippen molar-refractivity contribution in [2.24, 2.45) is 0 Å². The monoisotopic (exact) mass is 280 g/mol. The van der Waals surface area contributed by atoms with Crippen LogP contribution in [0.1, 0.15) is 64.7 Å². The Labute approximate surface area is 123 Å². The van der Waals surface area contributed by atoms with E-state index >= 15 is 0 Å². The van der Waals surface area contributed by atoms with Crippen molar-refractivity contribution in [3.63, 3.8) is 0 Å². The van der Waals surface area contributed by atoms with Crippen molar-refractivity contribution >= 4 is 0 Å². The van der Waals surface area contributed by atoms with E-state index in [9.17, 15) is 4.39 Å². The lowest BCUT2D eigenvalue weighted by molar-refractivity contribution is 0.381. The molecule has 0 N–H and O–H groups in total. The quantitative estimate of drug-likeness (QED) is 0.737. The van der Waals surface area contributed by atoms with E-state index in [0.29, 0.717) is 6.42 Å². The molecule has 20 heavy (non-hydrogen) atoms. The van der Waals surface area contributed by atoms with E-state index in [1.54, 1.807) is 7.11 Å². The highest BCUT2D eigenvalue weighted by Crippen LogP contribution is 2.40. The van der Waals surface area contributed by atoms with Gasteiger partial charge < -0.3 is 4.74 Å². The van der Waals surface area contributed by atoms with Gasteiger partial charge in [-0.15, -0.1) is 0 Å². The smallest absolute Gasteiger partial charge is 0.126 e. The second kappa shape index (κ2) is 6.15. The van der Waals surface area contributed by atoms with Crippen LogP contribution < -0.4 is 4.74 Å². The molecule has 0 fully saturated rings. The summed E-state index contributed by atoms with van der Waals surface area (Å²) in [6, 6.07) is 4.37. The second-order valence-electron chi connectivity index (χ2n) is 7.52. The van der Waals surface area contributed by atoms with E-state index in [-0.39, 0.29) is 17.5 Å². The molecular formula is C18H29FO. The van der Waals surface area contributed by atoms with Crippen LogP contribution in [0.15, 0.2) is 12.1 Å². The molecule has 1 nitrogen and oxygen atoms in total. The van der Waals surface area contributed by atoms with Crippen LogP contribution in [0.4, 0.5) is 4.39 Å². The zero-order chi connectivity index (χ0) is 15.6. The Bertz CT molecular complexity index is 414. The van der Waals surface area contributed by atoms with Gasteiger partial charge >= 0.3 is 0 Å². The third kappa shape index (κ3) is 3.97. The van der Waals surface area contributed by atoms with Gasteiger partial charge in [-0.1, -0.05) is 53.7 Å². The summed E-state index contributed by atoms with van der Waals surface area (Å²) in [7, 11) is 1.74. The fourth-order valence-electron chi connectivity index (χ4n) is 2.44. The first-order chi connectivity index (χ1) is 9.11. The number of methoxy groups -OCH3 is 1. The van der Waals surface area contributed by atoms with Crippen molar-refractivity contribution in [3.05, 3.63) is 28.8 Å². The Balaban J connectivity index is 3.48. The molecule has 2 heteroatoms. The number of aryl methyl sites for hydroxylation is 1. The molecule has 114 valence electrons. The number of halogens is 1. The molecule has 0 aliphatic rings. The molecule has 0 spiro atoms. The summed E-state index contributed by atoms with van der Waals surface area (Å²) < 4.78 is 18.2. The zero-order valence-corrected chi connectivity index (χ0v) is 14.1. The average Bonchev–Trinajstić information content (AvgIpc) is 2.32. The molecule has 1 rings (SSSR count). The minimum Gasteiger partial charge on any atom is -0.496 e. The maximum absolute atomic E-state index is 12.5. The molecule has 0 atom stereocenters. The Morgan fingerprint density at radius 2 is 1.40 bits per heavy atom. The van der Waals surface area contributed by atoms with Crippen LogP contribution in [0.25, 0.3) is 0 Å². The third-order valence-corrected chi connectivity index (χ3v) is 3.57. The number of ether oxygens (including phenoxy) is 1. The normalized spacial score (nSPS) is 12.6. The first-order valence-electron chi connectivity index (χ1n) is 7.39. The molecule has 1 aromatic carbocycles. The number of hydrogen-bond donors (Lipinski definition) is 0. The Hall–Kier alpha value is -1.05. The molecule has 0 saturated carbocycles. The molecule has 0 bridgehead atoms. The van der Waals surface area contributed by atoms with Crippen molar-refractivity contribution < 1.29 is 9.13 Å². The highest BCUT2D eigenvalue weighted by molar-refractivity contribution is 5.50. The molecule has 0 aromatic heterocycles. The fraction of sp³-hybridized carbons (Fsp3) is 0.667. The van der Waals surface area contributed by atoms with E-state index < -0.39 is 0 Å². The Morgan fingerprint density at radius 3 is 1.70 bits per heavy atom. The van der Waals surface area contributed by atoms with Gasteiger partial charge in [0, 0.05) is 11.1 Å². The summed E-state index contributed by atoms with van der Waals surface area (Å²) >= 11 is 0. The lowest BCUT2D eigenvalue weighted by Crippen LogP contribution is -2.19.